The van der Waals surface area contributed by atoms with E-state index in [1.54, 1.807) is 19.1 Å². The maximum atomic E-state index is 12.4. The molecule has 0 amide bonds. The average molecular weight is 323 g/mol. The molecule has 120 valence electrons. The van der Waals surface area contributed by atoms with Crippen molar-refractivity contribution < 1.29 is 26.7 Å². The number of halogens is 2. The van der Waals surface area contributed by atoms with Crippen LogP contribution in [0.15, 0.2) is 18.2 Å². The fraction of sp³-hybridized carbons (Fsp3) is 0.538. The molecule has 1 aromatic carbocycles. The lowest BCUT2D eigenvalue weighted by Crippen LogP contribution is -2.24. The minimum absolute atomic E-state index is 0.00148. The standard InChI is InChI=1S/C13H19F2NO4S/c1-3-21(17,18)8-7-16-9-10-5-4-6-11(19-2)12(10)20-13(14)15/h4-6,13,16H,3,7-9H2,1-2H3. The van der Waals surface area contributed by atoms with Gasteiger partial charge in [-0.05, 0) is 6.07 Å². The molecule has 0 aliphatic rings. The first-order valence-corrected chi connectivity index (χ1v) is 8.23. The zero-order valence-electron chi connectivity index (χ0n) is 11.9. The number of sulfone groups is 1. The first kappa shape index (κ1) is 17.6. The van der Waals surface area contributed by atoms with Crippen molar-refractivity contribution in [3.8, 4) is 11.5 Å². The predicted molar refractivity (Wildman–Crippen MR) is 75.7 cm³/mol. The van der Waals surface area contributed by atoms with Gasteiger partial charge in [-0.3, -0.25) is 0 Å². The number of para-hydroxylation sites is 1. The van der Waals surface area contributed by atoms with E-state index in [2.05, 4.69) is 10.1 Å². The summed E-state index contributed by atoms with van der Waals surface area (Å²) < 4.78 is 57.0. The van der Waals surface area contributed by atoms with Crippen LogP contribution in [-0.2, 0) is 16.4 Å². The van der Waals surface area contributed by atoms with Crippen molar-refractivity contribution in [2.45, 2.75) is 20.1 Å². The Kier molecular flexibility index (Phi) is 6.83. The number of nitrogens with one attached hydrogen (secondary N) is 1. The second-order valence-electron chi connectivity index (χ2n) is 4.24. The Morgan fingerprint density at radius 1 is 1.33 bits per heavy atom. The molecule has 0 heterocycles. The zero-order chi connectivity index (χ0) is 15.9. The van der Waals surface area contributed by atoms with Crippen LogP contribution in [0.3, 0.4) is 0 Å². The van der Waals surface area contributed by atoms with Crippen molar-refractivity contribution in [1.82, 2.24) is 5.32 Å². The maximum absolute atomic E-state index is 12.4. The molecule has 8 heteroatoms. The van der Waals surface area contributed by atoms with Crippen LogP contribution in [0.2, 0.25) is 0 Å². The van der Waals surface area contributed by atoms with Crippen LogP contribution < -0.4 is 14.8 Å². The lowest BCUT2D eigenvalue weighted by Gasteiger charge is -2.14. The average Bonchev–Trinajstić information content (AvgIpc) is 2.44. The Hall–Kier alpha value is -1.41. The van der Waals surface area contributed by atoms with Crippen LogP contribution >= 0.6 is 0 Å². The SMILES string of the molecule is CCS(=O)(=O)CCNCc1cccc(OC)c1OC(F)F. The highest BCUT2D eigenvalue weighted by Crippen LogP contribution is 2.32. The number of ether oxygens (including phenoxy) is 2. The molecule has 1 rings (SSSR count). The summed E-state index contributed by atoms with van der Waals surface area (Å²) in [7, 11) is -1.69. The number of methoxy groups -OCH3 is 1. The summed E-state index contributed by atoms with van der Waals surface area (Å²) in [6.07, 6.45) is 0. The van der Waals surface area contributed by atoms with Crippen molar-refractivity contribution >= 4 is 9.84 Å². The molecule has 5 nitrogen and oxygen atoms in total. The highest BCUT2D eigenvalue weighted by molar-refractivity contribution is 7.91. The van der Waals surface area contributed by atoms with Gasteiger partial charge in [0.15, 0.2) is 21.3 Å². The van der Waals surface area contributed by atoms with Crippen molar-refractivity contribution in [3.05, 3.63) is 23.8 Å². The highest BCUT2D eigenvalue weighted by Gasteiger charge is 2.15. The van der Waals surface area contributed by atoms with E-state index in [-0.39, 0.29) is 36.1 Å². The fourth-order valence-corrected chi connectivity index (χ4v) is 2.42. The van der Waals surface area contributed by atoms with Crippen molar-refractivity contribution in [2.24, 2.45) is 0 Å². The van der Waals surface area contributed by atoms with Crippen LogP contribution in [0, 0.1) is 0 Å². The molecule has 0 radical (unpaired) electrons. The van der Waals surface area contributed by atoms with E-state index in [1.807, 2.05) is 0 Å². The smallest absolute Gasteiger partial charge is 0.387 e. The number of hydrogen-bond acceptors (Lipinski definition) is 5. The topological polar surface area (TPSA) is 64.6 Å². The van der Waals surface area contributed by atoms with Gasteiger partial charge in [0, 0.05) is 24.4 Å². The van der Waals surface area contributed by atoms with Crippen molar-refractivity contribution in [1.29, 1.82) is 0 Å². The molecule has 0 unspecified atom stereocenters. The Labute approximate surface area is 123 Å². The minimum atomic E-state index is -3.05. The molecule has 0 aromatic heterocycles. The quantitative estimate of drug-likeness (QED) is 0.702. The van der Waals surface area contributed by atoms with Gasteiger partial charge in [0.1, 0.15) is 0 Å². The van der Waals surface area contributed by atoms with Gasteiger partial charge in [-0.15, -0.1) is 0 Å². The van der Waals surface area contributed by atoms with E-state index >= 15 is 0 Å². The van der Waals surface area contributed by atoms with Crippen LogP contribution in [0.5, 0.6) is 11.5 Å². The third-order valence-corrected chi connectivity index (χ3v) is 4.54. The molecule has 0 bridgehead atoms. The maximum Gasteiger partial charge on any atom is 0.387 e. The van der Waals surface area contributed by atoms with Crippen LogP contribution in [0.1, 0.15) is 12.5 Å². The molecule has 21 heavy (non-hydrogen) atoms. The summed E-state index contributed by atoms with van der Waals surface area (Å²) >= 11 is 0. The molecule has 1 aromatic rings. The van der Waals surface area contributed by atoms with Gasteiger partial charge in [0.2, 0.25) is 0 Å². The molecule has 1 N–H and O–H groups in total. The van der Waals surface area contributed by atoms with E-state index in [4.69, 9.17) is 4.74 Å². The van der Waals surface area contributed by atoms with Crippen molar-refractivity contribution in [3.63, 3.8) is 0 Å². The highest BCUT2D eigenvalue weighted by atomic mass is 32.2. The first-order chi connectivity index (χ1) is 9.89. The monoisotopic (exact) mass is 323 g/mol. The zero-order valence-corrected chi connectivity index (χ0v) is 12.8. The number of alkyl halides is 2. The molecular formula is C13H19F2NO4S. The van der Waals surface area contributed by atoms with Gasteiger partial charge < -0.3 is 14.8 Å². The summed E-state index contributed by atoms with van der Waals surface area (Å²) in [5.41, 5.74) is 0.476. The summed E-state index contributed by atoms with van der Waals surface area (Å²) in [4.78, 5) is 0. The first-order valence-electron chi connectivity index (χ1n) is 6.41. The third-order valence-electron chi connectivity index (χ3n) is 2.83. The number of benzene rings is 1. The van der Waals surface area contributed by atoms with E-state index in [1.165, 1.54) is 13.2 Å². The Morgan fingerprint density at radius 2 is 2.05 bits per heavy atom. The summed E-state index contributed by atoms with van der Waals surface area (Å²) in [5, 5.41) is 2.90. The van der Waals surface area contributed by atoms with E-state index in [9.17, 15) is 17.2 Å². The summed E-state index contributed by atoms with van der Waals surface area (Å²) in [6.45, 7) is -0.938. The predicted octanol–water partition coefficient (Wildman–Crippen LogP) is 1.82. The summed E-state index contributed by atoms with van der Waals surface area (Å²) in [6, 6.07) is 4.78. The van der Waals surface area contributed by atoms with Gasteiger partial charge in [0.05, 0.1) is 12.9 Å². The lowest BCUT2D eigenvalue weighted by atomic mass is 10.2. The molecular weight excluding hydrogens is 304 g/mol. The van der Waals surface area contributed by atoms with Crippen LogP contribution in [0.25, 0.3) is 0 Å². The molecule has 0 saturated heterocycles. The van der Waals surface area contributed by atoms with E-state index in [0.717, 1.165) is 0 Å². The van der Waals surface area contributed by atoms with Crippen LogP contribution in [-0.4, -0.2) is 40.2 Å². The Morgan fingerprint density at radius 3 is 2.62 bits per heavy atom. The Balaban J connectivity index is 2.70. The van der Waals surface area contributed by atoms with Gasteiger partial charge >= 0.3 is 6.61 Å². The molecule has 0 aliphatic heterocycles. The van der Waals surface area contributed by atoms with Gasteiger partial charge in [-0.1, -0.05) is 19.1 Å². The largest absolute Gasteiger partial charge is 0.493 e. The third kappa shape index (κ3) is 5.84. The lowest BCUT2D eigenvalue weighted by molar-refractivity contribution is -0.0518. The van der Waals surface area contributed by atoms with Gasteiger partial charge in [-0.2, -0.15) is 8.78 Å². The fourth-order valence-electron chi connectivity index (χ4n) is 1.68. The number of rotatable bonds is 9. The normalized spacial score (nSPS) is 11.7. The molecule has 0 spiro atoms. The molecule has 0 atom stereocenters. The van der Waals surface area contributed by atoms with E-state index in [0.29, 0.717) is 5.56 Å². The summed E-state index contributed by atoms with van der Waals surface area (Å²) in [5.74, 6) is 0.239. The molecule has 0 saturated carbocycles. The molecule has 0 aliphatic carbocycles. The van der Waals surface area contributed by atoms with Gasteiger partial charge in [0.25, 0.3) is 0 Å². The van der Waals surface area contributed by atoms with Gasteiger partial charge in [-0.25, -0.2) is 8.42 Å². The van der Waals surface area contributed by atoms with Crippen LogP contribution in [0.4, 0.5) is 8.78 Å². The van der Waals surface area contributed by atoms with Crippen molar-refractivity contribution in [2.75, 3.05) is 25.2 Å². The molecule has 0 fully saturated rings. The van der Waals surface area contributed by atoms with E-state index < -0.39 is 16.4 Å². The number of hydrogen-bond donors (Lipinski definition) is 1. The second-order valence-corrected chi connectivity index (χ2v) is 6.71. The Bertz CT molecular complexity index is 549. The minimum Gasteiger partial charge on any atom is -0.493 e. The second kappa shape index (κ2) is 8.14.